The highest BCUT2D eigenvalue weighted by molar-refractivity contribution is 7.84. The molecule has 0 bridgehead atoms. The average Bonchev–Trinajstić information content (AvgIpc) is 2.67. The van der Waals surface area contributed by atoms with Crippen LogP contribution in [-0.4, -0.2) is 22.3 Å². The van der Waals surface area contributed by atoms with E-state index in [1.165, 1.54) is 5.56 Å². The van der Waals surface area contributed by atoms with Crippen LogP contribution in [0.15, 0.2) is 16.8 Å². The minimum absolute atomic E-state index is 0.386. The second-order valence-corrected chi connectivity index (χ2v) is 6.25. The Morgan fingerprint density at radius 2 is 2.27 bits per heavy atom. The van der Waals surface area contributed by atoms with Crippen molar-refractivity contribution in [1.29, 1.82) is 0 Å². The van der Waals surface area contributed by atoms with E-state index in [1.807, 2.05) is 0 Å². The van der Waals surface area contributed by atoms with Crippen LogP contribution in [0.25, 0.3) is 0 Å². The fourth-order valence-corrected chi connectivity index (χ4v) is 2.91. The van der Waals surface area contributed by atoms with Gasteiger partial charge in [-0.15, -0.1) is 0 Å². The summed E-state index contributed by atoms with van der Waals surface area (Å²) in [5, 5.41) is 7.78. The summed E-state index contributed by atoms with van der Waals surface area (Å²) in [5.41, 5.74) is 1.34. The van der Waals surface area contributed by atoms with Gasteiger partial charge in [-0.05, 0) is 42.7 Å². The molecule has 86 valence electrons. The summed E-state index contributed by atoms with van der Waals surface area (Å²) < 4.78 is 10.9. The van der Waals surface area contributed by atoms with Crippen LogP contribution in [0.4, 0.5) is 0 Å². The molecule has 0 amide bonds. The Hall–Kier alpha value is -0.190. The van der Waals surface area contributed by atoms with Crippen LogP contribution < -0.4 is 5.32 Å². The number of hydrogen-bond acceptors (Lipinski definition) is 3. The van der Waals surface area contributed by atoms with Crippen LogP contribution in [0.1, 0.15) is 31.9 Å². The van der Waals surface area contributed by atoms with Crippen molar-refractivity contribution >= 4 is 22.1 Å². The van der Waals surface area contributed by atoms with E-state index in [0.717, 1.165) is 12.2 Å². The lowest BCUT2D eigenvalue weighted by Gasteiger charge is -2.18. The lowest BCUT2D eigenvalue weighted by Crippen LogP contribution is -2.29. The topological polar surface area (TPSA) is 29.1 Å². The Bertz CT molecular complexity index is 298. The Morgan fingerprint density at radius 3 is 2.80 bits per heavy atom. The zero-order valence-electron chi connectivity index (χ0n) is 9.53. The van der Waals surface area contributed by atoms with Crippen LogP contribution in [0.5, 0.6) is 0 Å². The molecule has 2 nitrogen and oxygen atoms in total. The monoisotopic (exact) mass is 245 g/mol. The number of nitrogens with one attached hydrogen (secondary N) is 1. The van der Waals surface area contributed by atoms with Crippen molar-refractivity contribution in [1.82, 2.24) is 5.32 Å². The van der Waals surface area contributed by atoms with Gasteiger partial charge < -0.3 is 5.32 Å². The van der Waals surface area contributed by atoms with Crippen molar-refractivity contribution in [3.05, 3.63) is 22.4 Å². The second kappa shape index (κ2) is 6.40. The van der Waals surface area contributed by atoms with Gasteiger partial charge in [0, 0.05) is 34.9 Å². The zero-order valence-corrected chi connectivity index (χ0v) is 11.2. The van der Waals surface area contributed by atoms with E-state index >= 15 is 0 Å². The van der Waals surface area contributed by atoms with Crippen molar-refractivity contribution in [3.8, 4) is 0 Å². The fourth-order valence-electron chi connectivity index (χ4n) is 1.47. The summed E-state index contributed by atoms with van der Waals surface area (Å²) >= 11 is 1.72. The summed E-state index contributed by atoms with van der Waals surface area (Å²) in [6.45, 7) is 4.32. The molecule has 0 aliphatic carbocycles. The molecule has 0 aliphatic heterocycles. The molecule has 1 N–H and O–H groups in total. The van der Waals surface area contributed by atoms with Gasteiger partial charge in [0.15, 0.2) is 0 Å². The Kier molecular flexibility index (Phi) is 5.50. The number of rotatable bonds is 6. The van der Waals surface area contributed by atoms with Crippen LogP contribution in [0.2, 0.25) is 0 Å². The third-order valence-corrected chi connectivity index (χ3v) is 3.93. The smallest absolute Gasteiger partial charge is 0.0302 e. The van der Waals surface area contributed by atoms with Gasteiger partial charge in [-0.3, -0.25) is 4.21 Å². The predicted molar refractivity (Wildman–Crippen MR) is 68.9 cm³/mol. The van der Waals surface area contributed by atoms with Crippen molar-refractivity contribution < 1.29 is 4.21 Å². The first-order valence-electron chi connectivity index (χ1n) is 5.17. The highest BCUT2D eigenvalue weighted by atomic mass is 32.2. The van der Waals surface area contributed by atoms with E-state index in [0.29, 0.717) is 12.1 Å². The molecule has 0 fully saturated rings. The van der Waals surface area contributed by atoms with Gasteiger partial charge >= 0.3 is 0 Å². The molecular formula is C11H19NOS2. The van der Waals surface area contributed by atoms with Crippen molar-refractivity contribution in [2.45, 2.75) is 32.4 Å². The first-order chi connectivity index (χ1) is 7.09. The molecule has 1 aromatic rings. The maximum absolute atomic E-state index is 10.9. The third kappa shape index (κ3) is 4.91. The fraction of sp³-hybridized carbons (Fsp3) is 0.636. The minimum atomic E-state index is -0.676. The molecule has 0 aromatic carbocycles. The first kappa shape index (κ1) is 12.9. The second-order valence-electron chi connectivity index (χ2n) is 3.91. The highest BCUT2D eigenvalue weighted by Crippen LogP contribution is 2.16. The molecule has 0 saturated heterocycles. The van der Waals surface area contributed by atoms with Gasteiger partial charge in [-0.1, -0.05) is 0 Å². The Balaban J connectivity index is 2.31. The quantitative estimate of drug-likeness (QED) is 0.834. The van der Waals surface area contributed by atoms with Gasteiger partial charge in [0.1, 0.15) is 0 Å². The largest absolute Gasteiger partial charge is 0.308 e. The van der Waals surface area contributed by atoms with Gasteiger partial charge in [0.25, 0.3) is 0 Å². The molecule has 1 heterocycles. The minimum Gasteiger partial charge on any atom is -0.308 e. The molecule has 0 aliphatic rings. The summed E-state index contributed by atoms with van der Waals surface area (Å²) in [7, 11) is -0.676. The molecule has 3 atom stereocenters. The predicted octanol–water partition coefficient (Wildman–Crippen LogP) is 2.56. The summed E-state index contributed by atoms with van der Waals surface area (Å²) in [6.07, 6.45) is 2.73. The van der Waals surface area contributed by atoms with Crippen LogP contribution >= 0.6 is 11.3 Å². The molecule has 15 heavy (non-hydrogen) atoms. The maximum atomic E-state index is 10.9. The van der Waals surface area contributed by atoms with Crippen molar-refractivity contribution in [2.24, 2.45) is 0 Å². The normalized spacial score (nSPS) is 17.3. The van der Waals surface area contributed by atoms with Crippen molar-refractivity contribution in [2.75, 3.05) is 12.0 Å². The van der Waals surface area contributed by atoms with E-state index in [4.69, 9.17) is 0 Å². The standard InChI is InChI=1S/C11H19NOS2/c1-9(5-7-15(3)13)12-10(2)11-4-6-14-8-11/h4,6,8-10,12H,5,7H2,1-3H3. The van der Waals surface area contributed by atoms with E-state index in [-0.39, 0.29) is 0 Å². The summed E-state index contributed by atoms with van der Waals surface area (Å²) in [4.78, 5) is 0. The molecule has 0 spiro atoms. The van der Waals surface area contributed by atoms with E-state index in [1.54, 1.807) is 17.6 Å². The lowest BCUT2D eigenvalue weighted by atomic mass is 10.1. The van der Waals surface area contributed by atoms with Gasteiger partial charge in [0.2, 0.25) is 0 Å². The zero-order chi connectivity index (χ0) is 11.3. The maximum Gasteiger partial charge on any atom is 0.0302 e. The van der Waals surface area contributed by atoms with Crippen LogP contribution in [0, 0.1) is 0 Å². The Morgan fingerprint density at radius 1 is 1.53 bits per heavy atom. The summed E-state index contributed by atoms with van der Waals surface area (Å²) in [6, 6.07) is 2.95. The molecule has 0 radical (unpaired) electrons. The van der Waals surface area contributed by atoms with E-state index < -0.39 is 10.8 Å². The van der Waals surface area contributed by atoms with Gasteiger partial charge in [0.05, 0.1) is 0 Å². The number of hydrogen-bond donors (Lipinski definition) is 1. The lowest BCUT2D eigenvalue weighted by molar-refractivity contribution is 0.471. The molecular weight excluding hydrogens is 226 g/mol. The highest BCUT2D eigenvalue weighted by Gasteiger charge is 2.09. The molecule has 3 unspecified atom stereocenters. The van der Waals surface area contributed by atoms with E-state index in [9.17, 15) is 4.21 Å². The first-order valence-corrected chi connectivity index (χ1v) is 7.84. The molecule has 1 aromatic heterocycles. The third-order valence-electron chi connectivity index (χ3n) is 2.42. The number of thiophene rings is 1. The molecule has 0 saturated carbocycles. The van der Waals surface area contributed by atoms with Gasteiger partial charge in [-0.25, -0.2) is 0 Å². The van der Waals surface area contributed by atoms with Crippen LogP contribution in [0.3, 0.4) is 0 Å². The van der Waals surface area contributed by atoms with Crippen molar-refractivity contribution in [3.63, 3.8) is 0 Å². The molecule has 1 rings (SSSR count). The summed E-state index contributed by atoms with van der Waals surface area (Å²) in [5.74, 6) is 0.782. The average molecular weight is 245 g/mol. The van der Waals surface area contributed by atoms with E-state index in [2.05, 4.69) is 36.0 Å². The van der Waals surface area contributed by atoms with Gasteiger partial charge in [-0.2, -0.15) is 11.3 Å². The molecule has 4 heteroatoms. The van der Waals surface area contributed by atoms with Crippen LogP contribution in [-0.2, 0) is 10.8 Å². The Labute approximate surface area is 98.6 Å². The SMILES string of the molecule is CC(CCS(C)=O)NC(C)c1ccsc1.